The van der Waals surface area contributed by atoms with Crippen LogP contribution < -0.4 is 9.47 Å². The number of carbonyl (C=O) groups excluding carboxylic acids is 1. The highest BCUT2D eigenvalue weighted by Gasteiger charge is 2.15. The lowest BCUT2D eigenvalue weighted by molar-refractivity contribution is -0.128. The van der Waals surface area contributed by atoms with Crippen molar-refractivity contribution in [1.29, 1.82) is 5.26 Å². The van der Waals surface area contributed by atoms with E-state index < -0.39 is 0 Å². The molecule has 5 nitrogen and oxygen atoms in total. The summed E-state index contributed by atoms with van der Waals surface area (Å²) in [6.07, 6.45) is 3.34. The minimum Gasteiger partial charge on any atom is -0.493 e. The van der Waals surface area contributed by atoms with E-state index in [9.17, 15) is 4.79 Å². The SMILES string of the molecule is CCOc1ccc(/C=C/C(=O)N(Cc2ccc(C#N)cc2)C(C)C)cc1OC. The monoisotopic (exact) mass is 378 g/mol. The summed E-state index contributed by atoms with van der Waals surface area (Å²) in [5, 5.41) is 8.91. The molecule has 146 valence electrons. The van der Waals surface area contributed by atoms with Crippen molar-refractivity contribution in [2.24, 2.45) is 0 Å². The molecule has 0 aliphatic rings. The number of amides is 1. The number of hydrogen-bond donors (Lipinski definition) is 0. The summed E-state index contributed by atoms with van der Waals surface area (Å²) >= 11 is 0. The Bertz CT molecular complexity index is 864. The molecule has 0 spiro atoms. The second-order valence-corrected chi connectivity index (χ2v) is 6.55. The van der Waals surface area contributed by atoms with Crippen molar-refractivity contribution in [2.75, 3.05) is 13.7 Å². The molecule has 5 heteroatoms. The first kappa shape index (κ1) is 21.0. The van der Waals surface area contributed by atoms with E-state index in [2.05, 4.69) is 6.07 Å². The number of ether oxygens (including phenoxy) is 2. The number of methoxy groups -OCH3 is 1. The van der Waals surface area contributed by atoms with Gasteiger partial charge in [-0.05, 0) is 62.2 Å². The lowest BCUT2D eigenvalue weighted by Crippen LogP contribution is -2.35. The third-order valence-electron chi connectivity index (χ3n) is 4.25. The smallest absolute Gasteiger partial charge is 0.247 e. The van der Waals surface area contributed by atoms with Crippen LogP contribution in [0.2, 0.25) is 0 Å². The van der Waals surface area contributed by atoms with Crippen molar-refractivity contribution >= 4 is 12.0 Å². The van der Waals surface area contributed by atoms with E-state index in [-0.39, 0.29) is 11.9 Å². The van der Waals surface area contributed by atoms with Gasteiger partial charge in [-0.1, -0.05) is 18.2 Å². The summed E-state index contributed by atoms with van der Waals surface area (Å²) in [5.74, 6) is 1.24. The Balaban J connectivity index is 2.13. The predicted octanol–water partition coefficient (Wildman–Crippen LogP) is 4.42. The van der Waals surface area contributed by atoms with Crippen LogP contribution in [0.1, 0.15) is 37.5 Å². The molecule has 2 rings (SSSR count). The van der Waals surface area contributed by atoms with Gasteiger partial charge in [0.05, 0.1) is 25.3 Å². The molecule has 2 aromatic rings. The zero-order valence-electron chi connectivity index (χ0n) is 16.8. The molecule has 0 saturated carbocycles. The Morgan fingerprint density at radius 2 is 1.89 bits per heavy atom. The van der Waals surface area contributed by atoms with Gasteiger partial charge < -0.3 is 14.4 Å². The summed E-state index contributed by atoms with van der Waals surface area (Å²) in [6.45, 7) is 6.92. The van der Waals surface area contributed by atoms with E-state index in [0.29, 0.717) is 30.2 Å². The number of nitriles is 1. The van der Waals surface area contributed by atoms with Gasteiger partial charge in [0.2, 0.25) is 5.91 Å². The van der Waals surface area contributed by atoms with Gasteiger partial charge in [-0.15, -0.1) is 0 Å². The Kier molecular flexibility index (Phi) is 7.65. The fourth-order valence-electron chi connectivity index (χ4n) is 2.72. The van der Waals surface area contributed by atoms with Crippen LogP contribution in [0.15, 0.2) is 48.5 Å². The zero-order chi connectivity index (χ0) is 20.5. The van der Waals surface area contributed by atoms with Gasteiger partial charge in [0.25, 0.3) is 0 Å². The minimum atomic E-state index is -0.0767. The van der Waals surface area contributed by atoms with Crippen LogP contribution >= 0.6 is 0 Å². The highest BCUT2D eigenvalue weighted by Crippen LogP contribution is 2.28. The Morgan fingerprint density at radius 3 is 2.46 bits per heavy atom. The first-order valence-corrected chi connectivity index (χ1v) is 9.27. The van der Waals surface area contributed by atoms with Gasteiger partial charge in [0.15, 0.2) is 11.5 Å². The van der Waals surface area contributed by atoms with Crippen molar-refractivity contribution in [3.05, 3.63) is 65.2 Å². The number of nitrogens with zero attached hydrogens (tertiary/aromatic N) is 2. The molecular weight excluding hydrogens is 352 g/mol. The largest absolute Gasteiger partial charge is 0.493 e. The lowest BCUT2D eigenvalue weighted by Gasteiger charge is -2.25. The van der Waals surface area contributed by atoms with Crippen LogP contribution in [0.5, 0.6) is 11.5 Å². The van der Waals surface area contributed by atoms with Gasteiger partial charge in [0.1, 0.15) is 0 Å². The van der Waals surface area contributed by atoms with E-state index in [1.54, 1.807) is 36.3 Å². The van der Waals surface area contributed by atoms with Crippen LogP contribution in [0.25, 0.3) is 6.08 Å². The van der Waals surface area contributed by atoms with Crippen molar-refractivity contribution in [3.63, 3.8) is 0 Å². The molecule has 0 fully saturated rings. The summed E-state index contributed by atoms with van der Waals surface area (Å²) in [6, 6.07) is 15.0. The zero-order valence-corrected chi connectivity index (χ0v) is 16.8. The van der Waals surface area contributed by atoms with Gasteiger partial charge >= 0.3 is 0 Å². The molecule has 0 unspecified atom stereocenters. The van der Waals surface area contributed by atoms with E-state index in [1.807, 2.05) is 51.1 Å². The maximum atomic E-state index is 12.7. The van der Waals surface area contributed by atoms with Gasteiger partial charge in [-0.3, -0.25) is 4.79 Å². The highest BCUT2D eigenvalue weighted by atomic mass is 16.5. The van der Waals surface area contributed by atoms with Crippen LogP contribution in [0.4, 0.5) is 0 Å². The highest BCUT2D eigenvalue weighted by molar-refractivity contribution is 5.92. The molecule has 0 atom stereocenters. The lowest BCUT2D eigenvalue weighted by atomic mass is 10.1. The molecule has 0 saturated heterocycles. The van der Waals surface area contributed by atoms with Crippen molar-refractivity contribution < 1.29 is 14.3 Å². The second kappa shape index (κ2) is 10.2. The van der Waals surface area contributed by atoms with E-state index >= 15 is 0 Å². The maximum absolute atomic E-state index is 12.7. The second-order valence-electron chi connectivity index (χ2n) is 6.55. The molecule has 2 aromatic carbocycles. The maximum Gasteiger partial charge on any atom is 0.247 e. The van der Waals surface area contributed by atoms with Crippen molar-refractivity contribution in [2.45, 2.75) is 33.4 Å². The topological polar surface area (TPSA) is 62.6 Å². The molecule has 0 bridgehead atoms. The van der Waals surface area contributed by atoms with Gasteiger partial charge in [-0.25, -0.2) is 0 Å². The number of carbonyl (C=O) groups is 1. The Morgan fingerprint density at radius 1 is 1.18 bits per heavy atom. The van der Waals surface area contributed by atoms with E-state index in [4.69, 9.17) is 14.7 Å². The third-order valence-corrected chi connectivity index (χ3v) is 4.25. The fourth-order valence-corrected chi connectivity index (χ4v) is 2.72. The summed E-state index contributed by atoms with van der Waals surface area (Å²) in [7, 11) is 1.59. The van der Waals surface area contributed by atoms with Crippen molar-refractivity contribution in [3.8, 4) is 17.6 Å². The van der Waals surface area contributed by atoms with Gasteiger partial charge in [0, 0.05) is 18.7 Å². The number of benzene rings is 2. The van der Waals surface area contributed by atoms with Crippen LogP contribution in [0.3, 0.4) is 0 Å². The molecular formula is C23H26N2O3. The standard InChI is InChI=1S/C23H26N2O3/c1-5-28-21-12-10-18(14-22(21)27-4)11-13-23(26)25(17(2)3)16-20-8-6-19(15-24)7-9-20/h6-14,17H,5,16H2,1-4H3/b13-11+. The average Bonchev–Trinajstić information content (AvgIpc) is 2.71. The van der Waals surface area contributed by atoms with Crippen LogP contribution in [-0.4, -0.2) is 30.6 Å². The first-order valence-electron chi connectivity index (χ1n) is 9.27. The van der Waals surface area contributed by atoms with Crippen molar-refractivity contribution in [1.82, 2.24) is 4.90 Å². The van der Waals surface area contributed by atoms with E-state index in [1.165, 1.54) is 0 Å². The molecule has 0 aliphatic carbocycles. The predicted molar refractivity (Wildman–Crippen MR) is 110 cm³/mol. The molecule has 0 N–H and O–H groups in total. The van der Waals surface area contributed by atoms with Crippen LogP contribution in [-0.2, 0) is 11.3 Å². The normalized spacial score (nSPS) is 10.7. The molecule has 0 aromatic heterocycles. The molecule has 0 radical (unpaired) electrons. The van der Waals surface area contributed by atoms with Crippen LogP contribution in [0, 0.1) is 11.3 Å². The molecule has 0 aliphatic heterocycles. The fraction of sp³-hybridized carbons (Fsp3) is 0.304. The quantitative estimate of drug-likeness (QED) is 0.638. The summed E-state index contributed by atoms with van der Waals surface area (Å²) < 4.78 is 10.9. The number of rotatable bonds is 8. The molecule has 28 heavy (non-hydrogen) atoms. The number of hydrogen-bond acceptors (Lipinski definition) is 4. The molecule has 0 heterocycles. The summed E-state index contributed by atoms with van der Waals surface area (Å²) in [4.78, 5) is 14.5. The molecule has 1 amide bonds. The minimum absolute atomic E-state index is 0.0441. The average molecular weight is 378 g/mol. The van der Waals surface area contributed by atoms with Gasteiger partial charge in [-0.2, -0.15) is 5.26 Å². The van der Waals surface area contributed by atoms with E-state index in [0.717, 1.165) is 11.1 Å². The summed E-state index contributed by atoms with van der Waals surface area (Å²) in [5.41, 5.74) is 2.45. The Hall–Kier alpha value is -3.26. The Labute approximate surface area is 166 Å². The third kappa shape index (κ3) is 5.62. The first-order chi connectivity index (χ1) is 13.5.